The third-order valence-corrected chi connectivity index (χ3v) is 5.43. The van der Waals surface area contributed by atoms with Crippen LogP contribution in [0.1, 0.15) is 24.3 Å². The van der Waals surface area contributed by atoms with Crippen LogP contribution in [0, 0.1) is 12.8 Å². The number of aromatic nitrogens is 2. The van der Waals surface area contributed by atoms with E-state index in [4.69, 9.17) is 4.52 Å². The standard InChI is InChI=1S/C23H26N4O2/c1-17-8-6-9-18(14-17)22-24-21(29-25-22)16-27-13-7-10-19(15-27)23(28)26(2)20-11-4-3-5-12-20/h3-6,8-9,11-12,14,19H,7,10,13,15-16H2,1-2H3. The predicted molar refractivity (Wildman–Crippen MR) is 112 cm³/mol. The molecule has 1 aliphatic heterocycles. The van der Waals surface area contributed by atoms with E-state index in [-0.39, 0.29) is 11.8 Å². The molecular formula is C23H26N4O2. The Bertz CT molecular complexity index is 970. The van der Waals surface area contributed by atoms with Crippen molar-refractivity contribution in [3.05, 3.63) is 66.1 Å². The van der Waals surface area contributed by atoms with Crippen LogP contribution in [0.3, 0.4) is 0 Å². The fourth-order valence-electron chi connectivity index (χ4n) is 3.87. The van der Waals surface area contributed by atoms with Gasteiger partial charge in [-0.3, -0.25) is 9.69 Å². The summed E-state index contributed by atoms with van der Waals surface area (Å²) in [4.78, 5) is 21.5. The van der Waals surface area contributed by atoms with Gasteiger partial charge < -0.3 is 9.42 Å². The van der Waals surface area contributed by atoms with Gasteiger partial charge in [0.1, 0.15) is 0 Å². The van der Waals surface area contributed by atoms with Crippen LogP contribution in [-0.2, 0) is 11.3 Å². The average Bonchev–Trinajstić information content (AvgIpc) is 3.22. The van der Waals surface area contributed by atoms with Gasteiger partial charge in [0, 0.05) is 24.8 Å². The Morgan fingerprint density at radius 2 is 2.03 bits per heavy atom. The van der Waals surface area contributed by atoms with Crippen LogP contribution in [-0.4, -0.2) is 41.1 Å². The van der Waals surface area contributed by atoms with E-state index >= 15 is 0 Å². The SMILES string of the molecule is Cc1cccc(-c2noc(CN3CCCC(C(=O)N(C)c4ccccc4)C3)n2)c1. The van der Waals surface area contributed by atoms with E-state index in [9.17, 15) is 4.79 Å². The molecule has 6 nitrogen and oxygen atoms in total. The van der Waals surface area contributed by atoms with Crippen LogP contribution in [0.15, 0.2) is 59.1 Å². The van der Waals surface area contributed by atoms with Gasteiger partial charge in [0.25, 0.3) is 0 Å². The van der Waals surface area contributed by atoms with Crippen molar-refractivity contribution in [1.82, 2.24) is 15.0 Å². The van der Waals surface area contributed by atoms with E-state index in [1.165, 1.54) is 0 Å². The first-order valence-corrected chi connectivity index (χ1v) is 10.0. The monoisotopic (exact) mass is 390 g/mol. The molecule has 1 unspecified atom stereocenters. The Morgan fingerprint density at radius 3 is 2.83 bits per heavy atom. The number of para-hydroxylation sites is 1. The number of likely N-dealkylation sites (tertiary alicyclic amines) is 1. The zero-order chi connectivity index (χ0) is 20.2. The summed E-state index contributed by atoms with van der Waals surface area (Å²) in [5.74, 6) is 1.34. The average molecular weight is 390 g/mol. The summed E-state index contributed by atoms with van der Waals surface area (Å²) in [6, 6.07) is 17.8. The first-order valence-electron chi connectivity index (χ1n) is 10.0. The van der Waals surface area contributed by atoms with Crippen molar-refractivity contribution in [2.24, 2.45) is 5.92 Å². The number of rotatable bonds is 5. The zero-order valence-electron chi connectivity index (χ0n) is 16.9. The number of hydrogen-bond donors (Lipinski definition) is 0. The normalized spacial score (nSPS) is 17.2. The van der Waals surface area contributed by atoms with E-state index in [1.807, 2.05) is 68.6 Å². The molecule has 0 spiro atoms. The third-order valence-electron chi connectivity index (χ3n) is 5.43. The molecule has 0 saturated carbocycles. The summed E-state index contributed by atoms with van der Waals surface area (Å²) in [6.45, 7) is 4.25. The van der Waals surface area contributed by atoms with Gasteiger partial charge in [-0.25, -0.2) is 0 Å². The van der Waals surface area contributed by atoms with Gasteiger partial charge in [-0.1, -0.05) is 47.1 Å². The first-order chi connectivity index (χ1) is 14.1. The molecule has 3 aromatic rings. The minimum absolute atomic E-state index is 0.0203. The van der Waals surface area contributed by atoms with E-state index in [1.54, 1.807) is 4.90 Å². The largest absolute Gasteiger partial charge is 0.338 e. The van der Waals surface area contributed by atoms with Gasteiger partial charge in [-0.2, -0.15) is 4.98 Å². The second-order valence-corrected chi connectivity index (χ2v) is 7.69. The summed E-state index contributed by atoms with van der Waals surface area (Å²) in [5, 5.41) is 4.13. The number of anilines is 1. The van der Waals surface area contributed by atoms with E-state index in [2.05, 4.69) is 15.0 Å². The van der Waals surface area contributed by atoms with Crippen LogP contribution < -0.4 is 4.90 Å². The molecule has 1 atom stereocenters. The third kappa shape index (κ3) is 4.54. The van der Waals surface area contributed by atoms with E-state index in [0.717, 1.165) is 36.2 Å². The summed E-state index contributed by atoms with van der Waals surface area (Å²) in [7, 11) is 1.85. The lowest BCUT2D eigenvalue weighted by Gasteiger charge is -2.33. The maximum atomic E-state index is 13.0. The van der Waals surface area contributed by atoms with Crippen LogP contribution in [0.2, 0.25) is 0 Å². The van der Waals surface area contributed by atoms with E-state index in [0.29, 0.717) is 24.8 Å². The van der Waals surface area contributed by atoms with Crippen molar-refractivity contribution < 1.29 is 9.32 Å². The maximum Gasteiger partial charge on any atom is 0.241 e. The van der Waals surface area contributed by atoms with Crippen molar-refractivity contribution in [3.8, 4) is 11.4 Å². The number of carbonyl (C=O) groups is 1. The topological polar surface area (TPSA) is 62.5 Å². The van der Waals surface area contributed by atoms with Gasteiger partial charge >= 0.3 is 0 Å². The Balaban J connectivity index is 1.40. The van der Waals surface area contributed by atoms with Crippen molar-refractivity contribution in [2.75, 3.05) is 25.0 Å². The second-order valence-electron chi connectivity index (χ2n) is 7.69. The molecule has 1 aromatic heterocycles. The number of carbonyl (C=O) groups excluding carboxylic acids is 1. The Labute approximate surface area is 171 Å². The van der Waals surface area contributed by atoms with Crippen molar-refractivity contribution in [3.63, 3.8) is 0 Å². The molecule has 2 aromatic carbocycles. The number of amides is 1. The molecular weight excluding hydrogens is 364 g/mol. The molecule has 150 valence electrons. The van der Waals surface area contributed by atoms with Crippen LogP contribution in [0.5, 0.6) is 0 Å². The lowest BCUT2D eigenvalue weighted by atomic mass is 9.96. The predicted octanol–water partition coefficient (Wildman–Crippen LogP) is 3.92. The molecule has 0 bridgehead atoms. The second kappa shape index (κ2) is 8.57. The van der Waals surface area contributed by atoms with Crippen LogP contribution in [0.25, 0.3) is 11.4 Å². The summed E-state index contributed by atoms with van der Waals surface area (Å²) in [5.41, 5.74) is 3.04. The smallest absolute Gasteiger partial charge is 0.241 e. The van der Waals surface area contributed by atoms with Gasteiger partial charge in [-0.15, -0.1) is 0 Å². The highest BCUT2D eigenvalue weighted by atomic mass is 16.5. The minimum atomic E-state index is -0.0203. The zero-order valence-corrected chi connectivity index (χ0v) is 16.9. The first kappa shape index (κ1) is 19.3. The van der Waals surface area contributed by atoms with Gasteiger partial charge in [-0.05, 0) is 44.5 Å². The number of nitrogens with zero attached hydrogens (tertiary/aromatic N) is 4. The fraction of sp³-hybridized carbons (Fsp3) is 0.348. The molecule has 1 amide bonds. The molecule has 2 heterocycles. The van der Waals surface area contributed by atoms with Crippen molar-refractivity contribution in [1.29, 1.82) is 0 Å². The number of hydrogen-bond acceptors (Lipinski definition) is 5. The molecule has 4 rings (SSSR count). The lowest BCUT2D eigenvalue weighted by molar-refractivity contribution is -0.123. The Morgan fingerprint density at radius 1 is 1.21 bits per heavy atom. The Kier molecular flexibility index (Phi) is 5.71. The number of piperidine rings is 1. The molecule has 1 saturated heterocycles. The molecule has 6 heteroatoms. The molecule has 0 N–H and O–H groups in total. The number of benzene rings is 2. The lowest BCUT2D eigenvalue weighted by Crippen LogP contribution is -2.43. The molecule has 1 aliphatic rings. The molecule has 29 heavy (non-hydrogen) atoms. The van der Waals surface area contributed by atoms with Crippen LogP contribution in [0.4, 0.5) is 5.69 Å². The highest BCUT2D eigenvalue weighted by molar-refractivity contribution is 5.94. The maximum absolute atomic E-state index is 13.0. The van der Waals surface area contributed by atoms with Crippen molar-refractivity contribution >= 4 is 11.6 Å². The van der Waals surface area contributed by atoms with E-state index < -0.39 is 0 Å². The molecule has 0 radical (unpaired) electrons. The van der Waals surface area contributed by atoms with Gasteiger partial charge in [0.05, 0.1) is 12.5 Å². The molecule has 0 aliphatic carbocycles. The number of aryl methyl sites for hydroxylation is 1. The van der Waals surface area contributed by atoms with Gasteiger partial charge in [0.2, 0.25) is 17.6 Å². The fourth-order valence-corrected chi connectivity index (χ4v) is 3.87. The molecule has 1 fully saturated rings. The minimum Gasteiger partial charge on any atom is -0.338 e. The summed E-state index contributed by atoms with van der Waals surface area (Å²) in [6.07, 6.45) is 1.89. The van der Waals surface area contributed by atoms with Crippen LogP contribution >= 0.6 is 0 Å². The van der Waals surface area contributed by atoms with Gasteiger partial charge in [0.15, 0.2) is 0 Å². The highest BCUT2D eigenvalue weighted by Crippen LogP contribution is 2.23. The summed E-state index contributed by atoms with van der Waals surface area (Å²) < 4.78 is 5.48. The summed E-state index contributed by atoms with van der Waals surface area (Å²) >= 11 is 0. The van der Waals surface area contributed by atoms with Crippen molar-refractivity contribution in [2.45, 2.75) is 26.3 Å². The Hall–Kier alpha value is -2.99. The highest BCUT2D eigenvalue weighted by Gasteiger charge is 2.29. The quantitative estimate of drug-likeness (QED) is 0.661.